The summed E-state index contributed by atoms with van der Waals surface area (Å²) in [5.41, 5.74) is 6.55. The van der Waals surface area contributed by atoms with E-state index < -0.39 is 0 Å². The number of carbonyl (C=O) groups excluding carboxylic acids is 1. The number of nitrogens with zero attached hydrogens (tertiary/aromatic N) is 2. The zero-order valence-corrected chi connectivity index (χ0v) is 12.4. The third-order valence-electron chi connectivity index (χ3n) is 2.60. The zero-order valence-electron chi connectivity index (χ0n) is 11.6. The van der Waals surface area contributed by atoms with Crippen LogP contribution in [0.2, 0.25) is 0 Å². The lowest BCUT2D eigenvalue weighted by Crippen LogP contribution is -2.23. The Morgan fingerprint density at radius 2 is 2.33 bits per heavy atom. The van der Waals surface area contributed by atoms with Gasteiger partial charge in [0, 0.05) is 19.9 Å². The molecule has 2 aromatic rings. The lowest BCUT2D eigenvalue weighted by atomic mass is 10.3. The fraction of sp³-hybridized carbons (Fsp3) is 0.308. The first-order valence-electron chi connectivity index (χ1n) is 6.38. The van der Waals surface area contributed by atoms with Crippen LogP contribution >= 0.6 is 11.3 Å². The van der Waals surface area contributed by atoms with Crippen molar-refractivity contribution in [2.24, 2.45) is 0 Å². The molecule has 0 aliphatic rings. The second-order valence-electron chi connectivity index (χ2n) is 4.16. The molecule has 4 N–H and O–H groups in total. The Bertz CT molecular complexity index is 588. The van der Waals surface area contributed by atoms with Crippen molar-refractivity contribution in [2.45, 2.75) is 6.54 Å². The number of methoxy groups -OCH3 is 1. The Labute approximate surface area is 126 Å². The molecule has 2 rings (SSSR count). The topological polar surface area (TPSA) is 102 Å². The Hall–Kier alpha value is -2.19. The summed E-state index contributed by atoms with van der Waals surface area (Å²) in [6.07, 6.45) is 1.68. The number of hydrogen-bond donors (Lipinski definition) is 3. The van der Waals surface area contributed by atoms with Crippen molar-refractivity contribution in [2.75, 3.05) is 31.3 Å². The van der Waals surface area contributed by atoms with Gasteiger partial charge in [0.2, 0.25) is 0 Å². The highest BCUT2D eigenvalue weighted by molar-refractivity contribution is 7.18. The van der Waals surface area contributed by atoms with Gasteiger partial charge in [-0.2, -0.15) is 0 Å². The normalized spacial score (nSPS) is 10.3. The van der Waals surface area contributed by atoms with Crippen molar-refractivity contribution >= 4 is 28.2 Å². The van der Waals surface area contributed by atoms with Gasteiger partial charge in [-0.1, -0.05) is 17.4 Å². The maximum absolute atomic E-state index is 12.1. The highest BCUT2D eigenvalue weighted by atomic mass is 32.1. The summed E-state index contributed by atoms with van der Waals surface area (Å²) in [4.78, 5) is 20.7. The van der Waals surface area contributed by atoms with Crippen LogP contribution < -0.4 is 16.4 Å². The van der Waals surface area contributed by atoms with Crippen molar-refractivity contribution in [1.82, 2.24) is 15.3 Å². The smallest absolute Gasteiger partial charge is 0.265 e. The van der Waals surface area contributed by atoms with E-state index in [9.17, 15) is 4.79 Å². The van der Waals surface area contributed by atoms with Crippen LogP contribution in [0.5, 0.6) is 0 Å². The van der Waals surface area contributed by atoms with E-state index in [1.807, 2.05) is 18.2 Å². The number of rotatable bonds is 7. The highest BCUT2D eigenvalue weighted by Crippen LogP contribution is 2.24. The maximum Gasteiger partial charge on any atom is 0.265 e. The number of aromatic nitrogens is 2. The molecule has 0 bridgehead atoms. The monoisotopic (exact) mass is 307 g/mol. The molecule has 112 valence electrons. The van der Waals surface area contributed by atoms with E-state index in [4.69, 9.17) is 10.5 Å². The maximum atomic E-state index is 12.1. The molecule has 0 aromatic carbocycles. The summed E-state index contributed by atoms with van der Waals surface area (Å²) in [6.45, 7) is 1.52. The van der Waals surface area contributed by atoms with Gasteiger partial charge in [0.1, 0.15) is 10.7 Å². The van der Waals surface area contributed by atoms with Crippen LogP contribution in [-0.2, 0) is 11.3 Å². The number of hydrogen-bond acceptors (Lipinski definition) is 7. The summed E-state index contributed by atoms with van der Waals surface area (Å²) in [5, 5.41) is 6.42. The third-order valence-corrected chi connectivity index (χ3v) is 3.63. The molecule has 0 unspecified atom stereocenters. The van der Waals surface area contributed by atoms with Crippen LogP contribution in [0.15, 0.2) is 24.4 Å². The fourth-order valence-corrected chi connectivity index (χ4v) is 2.41. The molecule has 0 saturated carbocycles. The van der Waals surface area contributed by atoms with Crippen molar-refractivity contribution in [1.29, 1.82) is 0 Å². The first kappa shape index (κ1) is 15.2. The van der Waals surface area contributed by atoms with Gasteiger partial charge < -0.3 is 21.1 Å². The third kappa shape index (κ3) is 4.40. The van der Waals surface area contributed by atoms with Gasteiger partial charge in [0.25, 0.3) is 5.91 Å². The van der Waals surface area contributed by atoms with Crippen LogP contribution in [0.1, 0.15) is 15.4 Å². The Morgan fingerprint density at radius 3 is 3.05 bits per heavy atom. The van der Waals surface area contributed by atoms with Crippen LogP contribution in [-0.4, -0.2) is 36.1 Å². The van der Waals surface area contributed by atoms with Gasteiger partial charge in [-0.05, 0) is 12.1 Å². The minimum absolute atomic E-state index is 0.221. The SMILES string of the molecule is COCCNc1nc(N)c(C(=O)NCc2ccccn2)s1. The molecule has 0 spiro atoms. The van der Waals surface area contributed by atoms with Gasteiger partial charge in [-0.3, -0.25) is 9.78 Å². The molecular weight excluding hydrogens is 290 g/mol. The first-order chi connectivity index (χ1) is 10.2. The highest BCUT2D eigenvalue weighted by Gasteiger charge is 2.15. The van der Waals surface area contributed by atoms with E-state index in [2.05, 4.69) is 20.6 Å². The summed E-state index contributed by atoms with van der Waals surface area (Å²) >= 11 is 1.22. The second-order valence-corrected chi connectivity index (χ2v) is 5.16. The van der Waals surface area contributed by atoms with Crippen molar-refractivity contribution in [3.63, 3.8) is 0 Å². The predicted molar refractivity (Wildman–Crippen MR) is 82.3 cm³/mol. The quantitative estimate of drug-likeness (QED) is 0.662. The Morgan fingerprint density at radius 1 is 1.48 bits per heavy atom. The largest absolute Gasteiger partial charge is 0.383 e. The molecule has 0 aliphatic heterocycles. The summed E-state index contributed by atoms with van der Waals surface area (Å²) in [6, 6.07) is 5.53. The number of nitrogen functional groups attached to an aromatic ring is 1. The number of nitrogens with one attached hydrogen (secondary N) is 2. The number of anilines is 2. The number of nitrogens with two attached hydrogens (primary N) is 1. The van der Waals surface area contributed by atoms with E-state index in [0.717, 1.165) is 5.69 Å². The molecule has 0 atom stereocenters. The molecule has 0 aliphatic carbocycles. The first-order valence-corrected chi connectivity index (χ1v) is 7.19. The number of ether oxygens (including phenoxy) is 1. The van der Waals surface area contributed by atoms with E-state index >= 15 is 0 Å². The molecule has 7 nitrogen and oxygen atoms in total. The van der Waals surface area contributed by atoms with Gasteiger partial charge in [-0.15, -0.1) is 0 Å². The number of thiazole rings is 1. The molecule has 2 heterocycles. The summed E-state index contributed by atoms with van der Waals surface area (Å²) in [5.74, 6) is -0.0334. The molecule has 2 aromatic heterocycles. The molecule has 1 amide bonds. The number of amides is 1. The molecule has 0 radical (unpaired) electrons. The number of carbonyl (C=O) groups is 1. The molecule has 0 saturated heterocycles. The minimum atomic E-state index is -0.254. The Kier molecular flexibility index (Phi) is 5.47. The van der Waals surface area contributed by atoms with E-state index in [-0.39, 0.29) is 11.7 Å². The molecule has 0 fully saturated rings. The van der Waals surface area contributed by atoms with Gasteiger partial charge in [-0.25, -0.2) is 4.98 Å². The van der Waals surface area contributed by atoms with Gasteiger partial charge in [0.05, 0.1) is 18.8 Å². The van der Waals surface area contributed by atoms with Gasteiger partial charge >= 0.3 is 0 Å². The summed E-state index contributed by atoms with van der Waals surface area (Å²) < 4.78 is 4.93. The lowest BCUT2D eigenvalue weighted by Gasteiger charge is -2.03. The van der Waals surface area contributed by atoms with Crippen LogP contribution in [0.25, 0.3) is 0 Å². The van der Waals surface area contributed by atoms with Crippen molar-refractivity contribution < 1.29 is 9.53 Å². The van der Waals surface area contributed by atoms with Gasteiger partial charge in [0.15, 0.2) is 5.13 Å². The number of pyridine rings is 1. The van der Waals surface area contributed by atoms with Crippen LogP contribution in [0, 0.1) is 0 Å². The molecule has 21 heavy (non-hydrogen) atoms. The van der Waals surface area contributed by atoms with E-state index in [0.29, 0.717) is 29.7 Å². The molecule has 8 heteroatoms. The average Bonchev–Trinajstić information content (AvgIpc) is 2.87. The minimum Gasteiger partial charge on any atom is -0.383 e. The zero-order chi connectivity index (χ0) is 15.1. The second kappa shape index (κ2) is 7.55. The predicted octanol–water partition coefficient (Wildman–Crippen LogP) is 1.11. The van der Waals surface area contributed by atoms with Crippen molar-refractivity contribution in [3.8, 4) is 0 Å². The fourth-order valence-electron chi connectivity index (χ4n) is 1.58. The lowest BCUT2D eigenvalue weighted by molar-refractivity contribution is 0.0955. The molecular formula is C13H17N5O2S. The Balaban J connectivity index is 1.92. The van der Waals surface area contributed by atoms with Crippen molar-refractivity contribution in [3.05, 3.63) is 35.0 Å². The average molecular weight is 307 g/mol. The summed E-state index contributed by atoms with van der Waals surface area (Å²) in [7, 11) is 1.62. The van der Waals surface area contributed by atoms with E-state index in [1.165, 1.54) is 11.3 Å². The van der Waals surface area contributed by atoms with Crippen LogP contribution in [0.4, 0.5) is 10.9 Å². The standard InChI is InChI=1S/C13H17N5O2S/c1-20-7-6-16-13-18-11(14)10(21-13)12(19)17-8-9-4-2-3-5-15-9/h2-5H,6-8,14H2,1H3,(H,16,18)(H,17,19). The van der Waals surface area contributed by atoms with Crippen LogP contribution in [0.3, 0.4) is 0 Å². The van der Waals surface area contributed by atoms with E-state index in [1.54, 1.807) is 13.3 Å².